The number of methoxy groups -OCH3 is 1. The van der Waals surface area contributed by atoms with Gasteiger partial charge in [0.25, 0.3) is 0 Å². The molecule has 0 radical (unpaired) electrons. The van der Waals surface area contributed by atoms with Gasteiger partial charge in [-0.1, -0.05) is 18.2 Å². The van der Waals surface area contributed by atoms with Crippen molar-refractivity contribution in [1.82, 2.24) is 10.6 Å². The first-order valence-corrected chi connectivity index (χ1v) is 7.56. The topological polar surface area (TPSA) is 64.1 Å². The van der Waals surface area contributed by atoms with Gasteiger partial charge in [0, 0.05) is 27.2 Å². The second-order valence-corrected chi connectivity index (χ2v) is 4.55. The molecule has 1 aromatic carbocycles. The van der Waals surface area contributed by atoms with Gasteiger partial charge in [0.15, 0.2) is 5.96 Å². The van der Waals surface area contributed by atoms with Crippen LogP contribution in [0.15, 0.2) is 35.3 Å². The Morgan fingerprint density at radius 1 is 1.00 bits per heavy atom. The lowest BCUT2D eigenvalue weighted by molar-refractivity contribution is 0.0733. The highest BCUT2D eigenvalue weighted by molar-refractivity contribution is 5.79. The average Bonchev–Trinajstić information content (AvgIpc) is 2.56. The van der Waals surface area contributed by atoms with E-state index in [1.54, 1.807) is 14.2 Å². The van der Waals surface area contributed by atoms with Crippen LogP contribution in [0, 0.1) is 0 Å². The lowest BCUT2D eigenvalue weighted by atomic mass is 10.3. The van der Waals surface area contributed by atoms with Crippen molar-refractivity contribution in [3.63, 3.8) is 0 Å². The molecule has 2 N–H and O–H groups in total. The molecule has 124 valence electrons. The molecule has 1 aromatic rings. The lowest BCUT2D eigenvalue weighted by Crippen LogP contribution is -2.39. The summed E-state index contributed by atoms with van der Waals surface area (Å²) in [4.78, 5) is 4.15. The van der Waals surface area contributed by atoms with Crippen LogP contribution in [0.3, 0.4) is 0 Å². The van der Waals surface area contributed by atoms with E-state index in [0.717, 1.165) is 24.7 Å². The van der Waals surface area contributed by atoms with Gasteiger partial charge in [-0.05, 0) is 18.6 Å². The fraction of sp³-hybridized carbons (Fsp3) is 0.562. The van der Waals surface area contributed by atoms with Gasteiger partial charge >= 0.3 is 0 Å². The third-order valence-corrected chi connectivity index (χ3v) is 2.82. The van der Waals surface area contributed by atoms with Crippen molar-refractivity contribution in [2.45, 2.75) is 6.42 Å². The predicted molar refractivity (Wildman–Crippen MR) is 88.6 cm³/mol. The van der Waals surface area contributed by atoms with Crippen molar-refractivity contribution in [3.8, 4) is 5.75 Å². The van der Waals surface area contributed by atoms with Crippen LogP contribution in [0.4, 0.5) is 0 Å². The normalized spacial score (nSPS) is 11.3. The molecule has 0 heterocycles. The van der Waals surface area contributed by atoms with Crippen LogP contribution in [0.5, 0.6) is 5.75 Å². The van der Waals surface area contributed by atoms with Crippen LogP contribution in [-0.2, 0) is 9.47 Å². The van der Waals surface area contributed by atoms with E-state index in [1.165, 1.54) is 0 Å². The smallest absolute Gasteiger partial charge is 0.191 e. The van der Waals surface area contributed by atoms with Crippen molar-refractivity contribution in [2.75, 3.05) is 53.7 Å². The van der Waals surface area contributed by atoms with Crippen LogP contribution in [0.1, 0.15) is 6.42 Å². The van der Waals surface area contributed by atoms with Crippen LogP contribution in [0.2, 0.25) is 0 Å². The Morgan fingerprint density at radius 3 is 2.50 bits per heavy atom. The molecule has 0 unspecified atom stereocenters. The number of ether oxygens (including phenoxy) is 3. The Hall–Kier alpha value is -1.79. The molecule has 6 nitrogen and oxygen atoms in total. The summed E-state index contributed by atoms with van der Waals surface area (Å²) in [6.45, 7) is 4.05. The largest absolute Gasteiger partial charge is 0.494 e. The van der Waals surface area contributed by atoms with E-state index >= 15 is 0 Å². The first kappa shape index (κ1) is 18.3. The molecule has 0 saturated heterocycles. The Bertz CT molecular complexity index is 399. The van der Waals surface area contributed by atoms with E-state index in [0.29, 0.717) is 33.0 Å². The lowest BCUT2D eigenvalue weighted by Gasteiger charge is -2.12. The third kappa shape index (κ3) is 9.20. The number of hydrogen-bond donors (Lipinski definition) is 2. The maximum absolute atomic E-state index is 5.63. The standard InChI is InChI=1S/C16H27N3O3/c1-17-16(19-10-12-21-14-13-20-2)18-9-6-11-22-15-7-4-3-5-8-15/h3-5,7-8H,6,9-14H2,1-2H3,(H2,17,18,19). The van der Waals surface area contributed by atoms with Crippen molar-refractivity contribution >= 4 is 5.96 Å². The van der Waals surface area contributed by atoms with Gasteiger partial charge < -0.3 is 24.8 Å². The maximum Gasteiger partial charge on any atom is 0.191 e. The number of aliphatic imine (C=N–C) groups is 1. The molecule has 0 aliphatic heterocycles. The first-order valence-electron chi connectivity index (χ1n) is 7.56. The van der Waals surface area contributed by atoms with Crippen LogP contribution in [-0.4, -0.2) is 59.6 Å². The summed E-state index contributed by atoms with van der Waals surface area (Å²) in [6, 6.07) is 9.82. The molecular weight excluding hydrogens is 282 g/mol. The van der Waals surface area contributed by atoms with E-state index in [9.17, 15) is 0 Å². The summed E-state index contributed by atoms with van der Waals surface area (Å²) < 4.78 is 15.9. The van der Waals surface area contributed by atoms with Crippen LogP contribution in [0.25, 0.3) is 0 Å². The molecule has 22 heavy (non-hydrogen) atoms. The van der Waals surface area contributed by atoms with Gasteiger partial charge in [0.2, 0.25) is 0 Å². The molecule has 0 bridgehead atoms. The summed E-state index contributed by atoms with van der Waals surface area (Å²) in [7, 11) is 3.41. The molecule has 0 spiro atoms. The molecule has 0 saturated carbocycles. The van der Waals surface area contributed by atoms with Crippen LogP contribution < -0.4 is 15.4 Å². The fourth-order valence-electron chi connectivity index (χ4n) is 1.69. The highest BCUT2D eigenvalue weighted by Gasteiger charge is 1.97. The Kier molecular flexibility index (Phi) is 10.7. The monoisotopic (exact) mass is 309 g/mol. The molecule has 0 aromatic heterocycles. The quantitative estimate of drug-likeness (QED) is 0.366. The number of nitrogens with one attached hydrogen (secondary N) is 2. The Labute approximate surface area is 132 Å². The zero-order chi connectivity index (χ0) is 15.9. The van der Waals surface area contributed by atoms with Gasteiger partial charge in [0.1, 0.15) is 5.75 Å². The van der Waals surface area contributed by atoms with Gasteiger partial charge in [0.05, 0.1) is 26.4 Å². The number of benzene rings is 1. The maximum atomic E-state index is 5.63. The van der Waals surface area contributed by atoms with E-state index in [1.807, 2.05) is 30.3 Å². The molecule has 0 fully saturated rings. The summed E-state index contributed by atoms with van der Waals surface area (Å²) in [5, 5.41) is 6.42. The number of para-hydroxylation sites is 1. The Balaban J connectivity index is 1.99. The van der Waals surface area contributed by atoms with Crippen molar-refractivity contribution in [2.24, 2.45) is 4.99 Å². The molecule has 6 heteroatoms. The molecule has 0 atom stereocenters. The van der Waals surface area contributed by atoms with E-state index in [-0.39, 0.29) is 0 Å². The molecular formula is C16H27N3O3. The minimum Gasteiger partial charge on any atom is -0.494 e. The zero-order valence-electron chi connectivity index (χ0n) is 13.5. The van der Waals surface area contributed by atoms with Gasteiger partial charge in [-0.15, -0.1) is 0 Å². The zero-order valence-corrected chi connectivity index (χ0v) is 13.5. The highest BCUT2D eigenvalue weighted by Crippen LogP contribution is 2.07. The number of hydrogen-bond acceptors (Lipinski definition) is 4. The predicted octanol–water partition coefficient (Wildman–Crippen LogP) is 1.28. The first-order chi connectivity index (χ1) is 10.9. The van der Waals surface area contributed by atoms with Crippen molar-refractivity contribution in [1.29, 1.82) is 0 Å². The third-order valence-electron chi connectivity index (χ3n) is 2.82. The highest BCUT2D eigenvalue weighted by atomic mass is 16.5. The summed E-state index contributed by atoms with van der Waals surface area (Å²) in [5.41, 5.74) is 0. The summed E-state index contributed by atoms with van der Waals surface area (Å²) in [5.74, 6) is 1.67. The van der Waals surface area contributed by atoms with Crippen molar-refractivity contribution in [3.05, 3.63) is 30.3 Å². The molecule has 0 amide bonds. The Morgan fingerprint density at radius 2 is 1.77 bits per heavy atom. The SMILES string of the molecule is CN=C(NCCCOc1ccccc1)NCCOCCOC. The van der Waals surface area contributed by atoms with E-state index < -0.39 is 0 Å². The minimum atomic E-state index is 0.612. The second kappa shape index (κ2) is 12.9. The number of rotatable bonds is 11. The summed E-state index contributed by atoms with van der Waals surface area (Å²) in [6.07, 6.45) is 0.903. The fourth-order valence-corrected chi connectivity index (χ4v) is 1.69. The van der Waals surface area contributed by atoms with Gasteiger partial charge in [-0.3, -0.25) is 4.99 Å². The average molecular weight is 309 g/mol. The van der Waals surface area contributed by atoms with Crippen molar-refractivity contribution < 1.29 is 14.2 Å². The van der Waals surface area contributed by atoms with Crippen LogP contribution >= 0.6 is 0 Å². The summed E-state index contributed by atoms with van der Waals surface area (Å²) >= 11 is 0. The molecule has 0 aliphatic rings. The molecule has 1 rings (SSSR count). The second-order valence-electron chi connectivity index (χ2n) is 4.55. The van der Waals surface area contributed by atoms with Gasteiger partial charge in [-0.25, -0.2) is 0 Å². The number of nitrogens with zero attached hydrogens (tertiary/aromatic N) is 1. The minimum absolute atomic E-state index is 0.612. The van der Waals surface area contributed by atoms with E-state index in [4.69, 9.17) is 14.2 Å². The van der Waals surface area contributed by atoms with E-state index in [2.05, 4.69) is 15.6 Å². The van der Waals surface area contributed by atoms with Gasteiger partial charge in [-0.2, -0.15) is 0 Å². The number of guanidine groups is 1. The molecule has 0 aliphatic carbocycles.